The Morgan fingerprint density at radius 3 is 2.67 bits per heavy atom. The van der Waals surface area contributed by atoms with Crippen LogP contribution in [0.3, 0.4) is 0 Å². The number of hydrogen-bond donors (Lipinski definition) is 1. The van der Waals surface area contributed by atoms with Crippen molar-refractivity contribution >= 4 is 17.4 Å². The third-order valence-electron chi connectivity index (χ3n) is 2.92. The number of rotatable bonds is 3. The van der Waals surface area contributed by atoms with Crippen molar-refractivity contribution in [3.63, 3.8) is 0 Å². The molecule has 1 saturated heterocycles. The number of benzene rings is 1. The number of nitrogens with zero attached hydrogens (tertiary/aromatic N) is 1. The molecule has 1 fully saturated rings. The lowest BCUT2D eigenvalue weighted by atomic mass is 10.1. The van der Waals surface area contributed by atoms with Gasteiger partial charge in [-0.05, 0) is 31.2 Å². The van der Waals surface area contributed by atoms with E-state index in [0.29, 0.717) is 17.8 Å². The molecule has 2 rings (SSSR count). The molecule has 96 valence electrons. The number of aliphatic hydroxyl groups excluding tert-OH is 1. The second kappa shape index (κ2) is 5.29. The zero-order valence-electron chi connectivity index (χ0n) is 10.1. The van der Waals surface area contributed by atoms with Gasteiger partial charge in [0.1, 0.15) is 6.61 Å². The van der Waals surface area contributed by atoms with E-state index in [-0.39, 0.29) is 31.0 Å². The second-order valence-corrected chi connectivity index (χ2v) is 4.22. The van der Waals surface area contributed by atoms with Gasteiger partial charge in [0.05, 0.1) is 19.3 Å². The van der Waals surface area contributed by atoms with Gasteiger partial charge in [-0.15, -0.1) is 0 Å². The Morgan fingerprint density at radius 1 is 1.44 bits per heavy atom. The largest absolute Gasteiger partial charge is 0.394 e. The van der Waals surface area contributed by atoms with Gasteiger partial charge in [-0.3, -0.25) is 9.59 Å². The summed E-state index contributed by atoms with van der Waals surface area (Å²) in [4.78, 5) is 24.5. The predicted octanol–water partition coefficient (Wildman–Crippen LogP) is 0.613. The van der Waals surface area contributed by atoms with Crippen LogP contribution in [0.15, 0.2) is 24.3 Å². The van der Waals surface area contributed by atoms with E-state index in [0.717, 1.165) is 0 Å². The first-order valence-electron chi connectivity index (χ1n) is 5.75. The molecule has 1 amide bonds. The number of Topliss-reactive ketones (excluding diaryl/α,β-unsaturated/α-hetero) is 1. The molecule has 1 aromatic rings. The van der Waals surface area contributed by atoms with Gasteiger partial charge in [0, 0.05) is 11.3 Å². The molecule has 0 bridgehead atoms. The highest BCUT2D eigenvalue weighted by Gasteiger charge is 2.26. The minimum Gasteiger partial charge on any atom is -0.394 e. The maximum atomic E-state index is 11.7. The molecule has 1 aliphatic heterocycles. The van der Waals surface area contributed by atoms with Gasteiger partial charge in [-0.1, -0.05) is 0 Å². The molecule has 1 heterocycles. The SMILES string of the molecule is CC(=O)c1ccc(N2CC(CO)OCC2=O)cc1. The molecule has 0 radical (unpaired) electrons. The van der Waals surface area contributed by atoms with Gasteiger partial charge < -0.3 is 14.7 Å². The van der Waals surface area contributed by atoms with Crippen molar-refractivity contribution in [1.82, 2.24) is 0 Å². The Balaban J connectivity index is 2.18. The molecular formula is C13H15NO4. The first-order valence-corrected chi connectivity index (χ1v) is 5.75. The number of ketones is 1. The molecule has 0 saturated carbocycles. The van der Waals surface area contributed by atoms with Gasteiger partial charge in [-0.2, -0.15) is 0 Å². The van der Waals surface area contributed by atoms with Crippen LogP contribution in [0, 0.1) is 0 Å². The standard InChI is InChI=1S/C13H15NO4/c1-9(16)10-2-4-11(5-3-10)14-6-12(7-15)18-8-13(14)17/h2-5,12,15H,6-8H2,1H3. The Bertz CT molecular complexity index is 455. The molecule has 1 aromatic carbocycles. The van der Waals surface area contributed by atoms with Crippen molar-refractivity contribution < 1.29 is 19.4 Å². The molecule has 0 aliphatic carbocycles. The minimum absolute atomic E-state index is 0.0110. The molecule has 0 spiro atoms. The first-order chi connectivity index (χ1) is 8.61. The summed E-state index contributed by atoms with van der Waals surface area (Å²) in [6.45, 7) is 1.68. The third-order valence-corrected chi connectivity index (χ3v) is 2.92. The average Bonchev–Trinajstić information content (AvgIpc) is 2.39. The van der Waals surface area contributed by atoms with E-state index in [2.05, 4.69) is 0 Å². The fourth-order valence-electron chi connectivity index (χ4n) is 1.86. The monoisotopic (exact) mass is 249 g/mol. The Labute approximate surface area is 105 Å². The molecule has 0 aromatic heterocycles. The maximum absolute atomic E-state index is 11.7. The molecule has 18 heavy (non-hydrogen) atoms. The summed E-state index contributed by atoms with van der Waals surface area (Å²) in [6.07, 6.45) is -0.352. The number of amides is 1. The quantitative estimate of drug-likeness (QED) is 0.797. The molecule has 5 nitrogen and oxygen atoms in total. The van der Waals surface area contributed by atoms with E-state index >= 15 is 0 Å². The molecule has 1 atom stereocenters. The molecule has 1 aliphatic rings. The predicted molar refractivity (Wildman–Crippen MR) is 65.6 cm³/mol. The molecule has 5 heteroatoms. The Kier molecular flexibility index (Phi) is 3.74. The number of carbonyl (C=O) groups is 2. The third kappa shape index (κ3) is 2.57. The zero-order valence-corrected chi connectivity index (χ0v) is 10.1. The lowest BCUT2D eigenvalue weighted by molar-refractivity contribution is -0.130. The van der Waals surface area contributed by atoms with E-state index < -0.39 is 0 Å². The van der Waals surface area contributed by atoms with Crippen LogP contribution in [-0.2, 0) is 9.53 Å². The zero-order chi connectivity index (χ0) is 13.1. The van der Waals surface area contributed by atoms with E-state index in [1.807, 2.05) is 0 Å². The molecule has 1 N–H and O–H groups in total. The van der Waals surface area contributed by atoms with Crippen molar-refractivity contribution in [2.75, 3.05) is 24.7 Å². The first kappa shape index (κ1) is 12.7. The number of aliphatic hydroxyl groups is 1. The summed E-state index contributed by atoms with van der Waals surface area (Å²) in [5, 5.41) is 9.05. The van der Waals surface area contributed by atoms with Crippen molar-refractivity contribution in [2.24, 2.45) is 0 Å². The number of morpholine rings is 1. The maximum Gasteiger partial charge on any atom is 0.253 e. The van der Waals surface area contributed by atoms with Crippen LogP contribution in [0.1, 0.15) is 17.3 Å². The fraction of sp³-hybridized carbons (Fsp3) is 0.385. The van der Waals surface area contributed by atoms with Gasteiger partial charge in [-0.25, -0.2) is 0 Å². The van der Waals surface area contributed by atoms with E-state index in [9.17, 15) is 9.59 Å². The van der Waals surface area contributed by atoms with Gasteiger partial charge >= 0.3 is 0 Å². The van der Waals surface area contributed by atoms with Crippen LogP contribution in [0.25, 0.3) is 0 Å². The second-order valence-electron chi connectivity index (χ2n) is 4.22. The average molecular weight is 249 g/mol. The lowest BCUT2D eigenvalue weighted by Gasteiger charge is -2.31. The normalized spacial score (nSPS) is 20.0. The summed E-state index contributed by atoms with van der Waals surface area (Å²) >= 11 is 0. The van der Waals surface area contributed by atoms with Gasteiger partial charge in [0.15, 0.2) is 5.78 Å². The van der Waals surface area contributed by atoms with Gasteiger partial charge in [0.25, 0.3) is 5.91 Å². The molecule has 1 unspecified atom stereocenters. The van der Waals surface area contributed by atoms with Crippen molar-refractivity contribution in [3.05, 3.63) is 29.8 Å². The van der Waals surface area contributed by atoms with Crippen molar-refractivity contribution in [2.45, 2.75) is 13.0 Å². The summed E-state index contributed by atoms with van der Waals surface area (Å²) in [6, 6.07) is 6.84. The highest BCUT2D eigenvalue weighted by Crippen LogP contribution is 2.19. The fourth-order valence-corrected chi connectivity index (χ4v) is 1.86. The van der Waals surface area contributed by atoms with E-state index in [1.54, 1.807) is 29.2 Å². The van der Waals surface area contributed by atoms with E-state index in [4.69, 9.17) is 9.84 Å². The van der Waals surface area contributed by atoms with Crippen LogP contribution in [0.4, 0.5) is 5.69 Å². The summed E-state index contributed by atoms with van der Waals surface area (Å²) in [7, 11) is 0. The summed E-state index contributed by atoms with van der Waals surface area (Å²) in [5.74, 6) is -0.154. The van der Waals surface area contributed by atoms with Crippen LogP contribution in [0.5, 0.6) is 0 Å². The van der Waals surface area contributed by atoms with Crippen LogP contribution >= 0.6 is 0 Å². The highest BCUT2D eigenvalue weighted by atomic mass is 16.5. The summed E-state index contributed by atoms with van der Waals surface area (Å²) in [5.41, 5.74) is 1.32. The Morgan fingerprint density at radius 2 is 2.11 bits per heavy atom. The van der Waals surface area contributed by atoms with Crippen molar-refractivity contribution in [1.29, 1.82) is 0 Å². The summed E-state index contributed by atoms with van der Waals surface area (Å²) < 4.78 is 5.16. The topological polar surface area (TPSA) is 66.8 Å². The number of ether oxygens (including phenoxy) is 1. The van der Waals surface area contributed by atoms with Crippen molar-refractivity contribution in [3.8, 4) is 0 Å². The number of hydrogen-bond acceptors (Lipinski definition) is 4. The smallest absolute Gasteiger partial charge is 0.253 e. The van der Waals surface area contributed by atoms with Crippen LogP contribution in [-0.4, -0.2) is 42.7 Å². The minimum atomic E-state index is -0.352. The number of carbonyl (C=O) groups excluding carboxylic acids is 2. The Hall–Kier alpha value is -1.72. The van der Waals surface area contributed by atoms with Gasteiger partial charge in [0.2, 0.25) is 0 Å². The lowest BCUT2D eigenvalue weighted by Crippen LogP contribution is -2.48. The van der Waals surface area contributed by atoms with Crippen LogP contribution in [0.2, 0.25) is 0 Å². The number of anilines is 1. The van der Waals surface area contributed by atoms with E-state index in [1.165, 1.54) is 6.92 Å². The highest BCUT2D eigenvalue weighted by molar-refractivity contribution is 5.97. The molecular weight excluding hydrogens is 234 g/mol. The van der Waals surface area contributed by atoms with Crippen LogP contribution < -0.4 is 4.90 Å².